The van der Waals surface area contributed by atoms with E-state index in [1.807, 2.05) is 40.8 Å². The molecular weight excluding hydrogens is 335 g/mol. The molecule has 17 heavy (non-hydrogen) atoms. The summed E-state index contributed by atoms with van der Waals surface area (Å²) < 4.78 is 17.3. The summed E-state index contributed by atoms with van der Waals surface area (Å²) >= 11 is 1.86. The van der Waals surface area contributed by atoms with Crippen LogP contribution in [0.1, 0.15) is 5.56 Å². The number of halogens is 1. The average molecular weight is 346 g/mol. The molecule has 0 saturated carbocycles. The highest BCUT2D eigenvalue weighted by Gasteiger charge is 2.06. The predicted octanol–water partition coefficient (Wildman–Crippen LogP) is 2.74. The van der Waals surface area contributed by atoms with Gasteiger partial charge in [-0.15, -0.1) is 0 Å². The van der Waals surface area contributed by atoms with Gasteiger partial charge in [-0.2, -0.15) is 0 Å². The molecule has 5 heteroatoms. The first-order valence-electron chi connectivity index (χ1n) is 4.78. The highest BCUT2D eigenvalue weighted by molar-refractivity contribution is 14.1. The van der Waals surface area contributed by atoms with Crippen molar-refractivity contribution in [3.63, 3.8) is 0 Å². The van der Waals surface area contributed by atoms with Crippen molar-refractivity contribution in [2.45, 2.75) is 6.61 Å². The molecule has 0 saturated heterocycles. The minimum absolute atomic E-state index is 0.0354. The molecule has 0 bridgehead atoms. The van der Waals surface area contributed by atoms with E-state index in [0.717, 1.165) is 5.56 Å². The molecule has 0 spiro atoms. The summed E-state index contributed by atoms with van der Waals surface area (Å²) in [5.41, 5.74) is 0.784. The molecule has 0 heterocycles. The number of carbonyl (C=O) groups excluding carboxylic acids is 1. The first-order valence-corrected chi connectivity index (χ1v) is 5.85. The van der Waals surface area contributed by atoms with Gasteiger partial charge in [0, 0.05) is 28.2 Å². The summed E-state index contributed by atoms with van der Waals surface area (Å²) in [7, 11) is 1.56. The summed E-state index contributed by atoms with van der Waals surface area (Å²) in [6, 6.07) is 7.30. The second-order valence-electron chi connectivity index (χ2n) is 2.91. The molecule has 0 aliphatic heterocycles. The van der Waals surface area contributed by atoms with Gasteiger partial charge in [-0.05, 0) is 9.99 Å². The zero-order chi connectivity index (χ0) is 12.5. The number of benzene rings is 1. The van der Waals surface area contributed by atoms with Crippen LogP contribution in [0.4, 0.5) is 4.79 Å². The largest absolute Gasteiger partial charge is 0.509 e. The van der Waals surface area contributed by atoms with E-state index < -0.39 is 6.16 Å². The Morgan fingerprint density at radius 3 is 2.82 bits per heavy atom. The number of ether oxygens (including phenoxy) is 3. The van der Waals surface area contributed by atoms with Gasteiger partial charge in [0.2, 0.25) is 0 Å². The van der Waals surface area contributed by atoms with E-state index >= 15 is 0 Å². The summed E-state index contributed by atoms with van der Waals surface area (Å²) in [5.74, 6) is 3.26. The van der Waals surface area contributed by atoms with E-state index in [2.05, 4.69) is 9.85 Å². The standard InChI is InChI=1S/C12H11IO4/c1-15-11-6-3-2-5-10(11)9-17-12(14)16-8-4-7-13/h2-3,5-6H,8-9H2,1H3. The fourth-order valence-corrected chi connectivity index (χ4v) is 1.28. The highest BCUT2D eigenvalue weighted by atomic mass is 127. The zero-order valence-electron chi connectivity index (χ0n) is 9.23. The third kappa shape index (κ3) is 4.95. The van der Waals surface area contributed by atoms with Gasteiger partial charge in [-0.1, -0.05) is 24.1 Å². The summed E-state index contributed by atoms with van der Waals surface area (Å²) in [6.07, 6.45) is -0.741. The molecule has 0 radical (unpaired) electrons. The normalized spacial score (nSPS) is 8.82. The van der Waals surface area contributed by atoms with Crippen LogP contribution in [-0.4, -0.2) is 19.9 Å². The second-order valence-corrected chi connectivity index (χ2v) is 3.45. The lowest BCUT2D eigenvalue weighted by atomic mass is 10.2. The van der Waals surface area contributed by atoms with E-state index in [4.69, 9.17) is 14.2 Å². The van der Waals surface area contributed by atoms with Gasteiger partial charge < -0.3 is 14.2 Å². The zero-order valence-corrected chi connectivity index (χ0v) is 11.4. The third-order valence-electron chi connectivity index (χ3n) is 1.87. The Morgan fingerprint density at radius 2 is 2.12 bits per heavy atom. The fourth-order valence-electron chi connectivity index (χ4n) is 1.12. The monoisotopic (exact) mass is 346 g/mol. The van der Waals surface area contributed by atoms with Crippen LogP contribution in [0.15, 0.2) is 24.3 Å². The first-order chi connectivity index (χ1) is 8.27. The van der Waals surface area contributed by atoms with Crippen LogP contribution in [0.25, 0.3) is 0 Å². The third-order valence-corrected chi connectivity index (χ3v) is 2.25. The van der Waals surface area contributed by atoms with Gasteiger partial charge in [0.05, 0.1) is 7.11 Å². The number of carbonyl (C=O) groups is 1. The van der Waals surface area contributed by atoms with Gasteiger partial charge in [0.25, 0.3) is 0 Å². The number of para-hydroxylation sites is 1. The van der Waals surface area contributed by atoms with Crippen molar-refractivity contribution >= 4 is 28.7 Å². The van der Waals surface area contributed by atoms with E-state index in [-0.39, 0.29) is 13.2 Å². The van der Waals surface area contributed by atoms with E-state index in [1.165, 1.54) is 0 Å². The summed E-state index contributed by atoms with van der Waals surface area (Å²) in [5, 5.41) is 0. The first kappa shape index (κ1) is 13.6. The van der Waals surface area contributed by atoms with E-state index in [9.17, 15) is 4.79 Å². The van der Waals surface area contributed by atoms with Crippen LogP contribution >= 0.6 is 22.6 Å². The Bertz CT molecular complexity index is 434. The smallest absolute Gasteiger partial charge is 0.496 e. The van der Waals surface area contributed by atoms with Crippen molar-refractivity contribution in [3.8, 4) is 15.6 Å². The Balaban J connectivity index is 2.43. The molecule has 0 fully saturated rings. The van der Waals surface area contributed by atoms with Crippen molar-refractivity contribution in [2.24, 2.45) is 0 Å². The lowest BCUT2D eigenvalue weighted by molar-refractivity contribution is 0.0584. The molecule has 0 unspecified atom stereocenters. The molecule has 0 aliphatic carbocycles. The molecule has 1 aromatic rings. The molecule has 0 amide bonds. The number of hydrogen-bond acceptors (Lipinski definition) is 4. The number of rotatable bonds is 4. The number of hydrogen-bond donors (Lipinski definition) is 0. The summed E-state index contributed by atoms with van der Waals surface area (Å²) in [4.78, 5) is 11.1. The Labute approximate surface area is 113 Å². The maximum absolute atomic E-state index is 11.1. The van der Waals surface area contributed by atoms with E-state index in [1.54, 1.807) is 13.2 Å². The molecule has 0 aromatic heterocycles. The Hall–Kier alpha value is -1.42. The fraction of sp³-hybridized carbons (Fsp3) is 0.250. The van der Waals surface area contributed by atoms with Crippen LogP contribution in [0.5, 0.6) is 5.75 Å². The van der Waals surface area contributed by atoms with Crippen molar-refractivity contribution in [3.05, 3.63) is 29.8 Å². The van der Waals surface area contributed by atoms with Gasteiger partial charge >= 0.3 is 6.16 Å². The molecule has 90 valence electrons. The molecule has 1 aromatic carbocycles. The Kier molecular flexibility index (Phi) is 6.25. The second kappa shape index (κ2) is 7.79. The lowest BCUT2D eigenvalue weighted by Gasteiger charge is -2.08. The topological polar surface area (TPSA) is 44.8 Å². The predicted molar refractivity (Wildman–Crippen MR) is 70.9 cm³/mol. The van der Waals surface area contributed by atoms with Gasteiger partial charge in [-0.25, -0.2) is 4.79 Å². The molecule has 4 nitrogen and oxygen atoms in total. The van der Waals surface area contributed by atoms with Crippen molar-refractivity contribution in [1.82, 2.24) is 0 Å². The minimum Gasteiger partial charge on any atom is -0.496 e. The van der Waals surface area contributed by atoms with Gasteiger partial charge in [0.15, 0.2) is 6.61 Å². The van der Waals surface area contributed by atoms with Gasteiger partial charge in [-0.3, -0.25) is 0 Å². The maximum atomic E-state index is 11.1. The van der Waals surface area contributed by atoms with Crippen molar-refractivity contribution in [1.29, 1.82) is 0 Å². The van der Waals surface area contributed by atoms with Gasteiger partial charge in [0.1, 0.15) is 12.4 Å². The van der Waals surface area contributed by atoms with E-state index in [0.29, 0.717) is 5.75 Å². The van der Waals surface area contributed by atoms with Crippen LogP contribution < -0.4 is 4.74 Å². The van der Waals surface area contributed by atoms with Crippen LogP contribution in [0.3, 0.4) is 0 Å². The molecular formula is C12H11IO4. The molecule has 0 atom stereocenters. The lowest BCUT2D eigenvalue weighted by Crippen LogP contribution is -2.08. The van der Waals surface area contributed by atoms with Crippen LogP contribution in [-0.2, 0) is 16.1 Å². The SMILES string of the molecule is COc1ccccc1COC(=O)OCC#CI. The average Bonchev–Trinajstić information content (AvgIpc) is 2.37. The van der Waals surface area contributed by atoms with Crippen LogP contribution in [0.2, 0.25) is 0 Å². The Morgan fingerprint density at radius 1 is 1.35 bits per heavy atom. The molecule has 1 rings (SSSR count). The quantitative estimate of drug-likeness (QED) is 0.478. The number of methoxy groups -OCH3 is 1. The van der Waals surface area contributed by atoms with Crippen molar-refractivity contribution in [2.75, 3.05) is 13.7 Å². The highest BCUT2D eigenvalue weighted by Crippen LogP contribution is 2.18. The maximum Gasteiger partial charge on any atom is 0.509 e. The summed E-state index contributed by atoms with van der Waals surface area (Å²) in [6.45, 7) is 0.147. The van der Waals surface area contributed by atoms with Crippen molar-refractivity contribution < 1.29 is 19.0 Å². The molecule has 0 N–H and O–H groups in total. The van der Waals surface area contributed by atoms with Crippen LogP contribution in [0, 0.1) is 9.85 Å². The molecule has 0 aliphatic rings. The minimum atomic E-state index is -0.741.